The standard InChI is InChI=1S/C35H44ClN5O4/c1-5-37-35(45)31(23(2)3)41-32(42)24(4)39-22-30(18-26-14-10-7-11-15-26)40-34(44)28-19-27(20-29(36)21-28)33(43)38-17-16-25-12-8-6-9-13-25/h6-15,19-21,23-24,30-31,39H,5,16-18,22H2,1-4H3,(H,37,45)(H,38,43)(H,40,44)(H,41,42)/t24-,30-,31-/m0/s1. The van der Waals surface area contributed by atoms with E-state index in [1.165, 1.54) is 18.2 Å². The van der Waals surface area contributed by atoms with Crippen LogP contribution in [0.25, 0.3) is 0 Å². The maximum absolute atomic E-state index is 13.5. The minimum atomic E-state index is -0.658. The Bertz CT molecular complexity index is 1420. The molecule has 3 aromatic rings. The van der Waals surface area contributed by atoms with E-state index in [2.05, 4.69) is 26.6 Å². The van der Waals surface area contributed by atoms with Crippen molar-refractivity contribution < 1.29 is 19.2 Å². The van der Waals surface area contributed by atoms with Gasteiger partial charge < -0.3 is 26.6 Å². The summed E-state index contributed by atoms with van der Waals surface area (Å²) in [5.41, 5.74) is 2.65. The van der Waals surface area contributed by atoms with Crippen molar-refractivity contribution in [1.29, 1.82) is 0 Å². The summed E-state index contributed by atoms with van der Waals surface area (Å²) in [5.74, 6) is -1.36. The van der Waals surface area contributed by atoms with Crippen LogP contribution in [0.2, 0.25) is 5.02 Å². The first-order valence-corrected chi connectivity index (χ1v) is 15.7. The van der Waals surface area contributed by atoms with E-state index in [9.17, 15) is 19.2 Å². The van der Waals surface area contributed by atoms with Gasteiger partial charge in [0.2, 0.25) is 11.8 Å². The normalized spacial score (nSPS) is 12.9. The number of hydrogen-bond acceptors (Lipinski definition) is 5. The van der Waals surface area contributed by atoms with Crippen molar-refractivity contribution in [3.05, 3.63) is 106 Å². The molecule has 0 aromatic heterocycles. The molecule has 5 N–H and O–H groups in total. The van der Waals surface area contributed by atoms with Gasteiger partial charge in [-0.3, -0.25) is 19.2 Å². The Balaban J connectivity index is 1.67. The van der Waals surface area contributed by atoms with E-state index in [1.54, 1.807) is 6.92 Å². The van der Waals surface area contributed by atoms with Gasteiger partial charge in [-0.2, -0.15) is 0 Å². The monoisotopic (exact) mass is 633 g/mol. The van der Waals surface area contributed by atoms with Crippen molar-refractivity contribution >= 4 is 35.2 Å². The SMILES string of the molecule is CCNC(=O)[C@@H](NC(=O)[C@H](C)NC[C@H](Cc1ccccc1)NC(=O)c1cc(Cl)cc(C(=O)NCCc2ccccc2)c1)C(C)C. The van der Waals surface area contributed by atoms with Crippen molar-refractivity contribution in [2.24, 2.45) is 5.92 Å². The molecule has 0 aliphatic heterocycles. The molecule has 3 rings (SSSR count). The fourth-order valence-electron chi connectivity index (χ4n) is 4.77. The zero-order chi connectivity index (χ0) is 32.8. The summed E-state index contributed by atoms with van der Waals surface area (Å²) >= 11 is 6.33. The molecule has 0 bridgehead atoms. The molecule has 0 saturated heterocycles. The Morgan fingerprint density at radius 1 is 0.733 bits per heavy atom. The highest BCUT2D eigenvalue weighted by atomic mass is 35.5. The van der Waals surface area contributed by atoms with Crippen LogP contribution in [0, 0.1) is 5.92 Å². The molecule has 0 spiro atoms. The van der Waals surface area contributed by atoms with E-state index in [4.69, 9.17) is 11.6 Å². The first-order chi connectivity index (χ1) is 21.6. The van der Waals surface area contributed by atoms with Crippen LogP contribution >= 0.6 is 11.6 Å². The van der Waals surface area contributed by atoms with E-state index in [0.717, 1.165) is 11.1 Å². The third kappa shape index (κ3) is 11.7. The van der Waals surface area contributed by atoms with Crippen molar-refractivity contribution in [3.63, 3.8) is 0 Å². The lowest BCUT2D eigenvalue weighted by molar-refractivity contribution is -0.130. The lowest BCUT2D eigenvalue weighted by Crippen LogP contribution is -2.55. The highest BCUT2D eigenvalue weighted by Gasteiger charge is 2.26. The van der Waals surface area contributed by atoms with Crippen LogP contribution < -0.4 is 26.6 Å². The Labute approximate surface area is 270 Å². The molecule has 0 heterocycles. The van der Waals surface area contributed by atoms with Gasteiger partial charge in [-0.15, -0.1) is 0 Å². The number of likely N-dealkylation sites (N-methyl/N-ethyl adjacent to an activating group) is 1. The number of rotatable bonds is 16. The molecular weight excluding hydrogens is 590 g/mol. The maximum atomic E-state index is 13.5. The predicted octanol–water partition coefficient (Wildman–Crippen LogP) is 3.91. The molecule has 3 aromatic carbocycles. The lowest BCUT2D eigenvalue weighted by atomic mass is 10.0. The molecule has 240 valence electrons. The zero-order valence-corrected chi connectivity index (χ0v) is 27.1. The third-order valence-electron chi connectivity index (χ3n) is 7.29. The molecule has 0 unspecified atom stereocenters. The van der Waals surface area contributed by atoms with Gasteiger partial charge in [0.1, 0.15) is 6.04 Å². The molecule has 0 radical (unpaired) electrons. The van der Waals surface area contributed by atoms with Gasteiger partial charge in [-0.1, -0.05) is 86.1 Å². The molecule has 0 saturated carbocycles. The number of nitrogens with one attached hydrogen (secondary N) is 5. The van der Waals surface area contributed by atoms with E-state index in [0.29, 0.717) is 25.9 Å². The Morgan fingerprint density at radius 2 is 1.33 bits per heavy atom. The summed E-state index contributed by atoms with van der Waals surface area (Å²) in [6, 6.07) is 22.4. The number of hydrogen-bond donors (Lipinski definition) is 5. The van der Waals surface area contributed by atoms with Gasteiger partial charge in [0.05, 0.1) is 6.04 Å². The van der Waals surface area contributed by atoms with Gasteiger partial charge in [0.25, 0.3) is 11.8 Å². The smallest absolute Gasteiger partial charge is 0.251 e. The van der Waals surface area contributed by atoms with Crippen LogP contribution in [0.5, 0.6) is 0 Å². The third-order valence-corrected chi connectivity index (χ3v) is 7.50. The van der Waals surface area contributed by atoms with E-state index in [-0.39, 0.29) is 46.3 Å². The molecule has 3 atom stereocenters. The highest BCUT2D eigenvalue weighted by molar-refractivity contribution is 6.31. The largest absolute Gasteiger partial charge is 0.355 e. The molecule has 10 heteroatoms. The number of carbonyl (C=O) groups is 4. The van der Waals surface area contributed by atoms with Crippen LogP contribution in [0.1, 0.15) is 59.5 Å². The van der Waals surface area contributed by atoms with Crippen LogP contribution in [0.4, 0.5) is 0 Å². The minimum Gasteiger partial charge on any atom is -0.355 e. The van der Waals surface area contributed by atoms with Crippen molar-refractivity contribution in [1.82, 2.24) is 26.6 Å². The molecule has 0 aliphatic rings. The van der Waals surface area contributed by atoms with Crippen molar-refractivity contribution in [2.45, 2.75) is 58.7 Å². The summed E-state index contributed by atoms with van der Waals surface area (Å²) in [6.45, 7) is 8.48. The second kappa shape index (κ2) is 17.9. The Hall–Kier alpha value is -4.21. The molecule has 0 fully saturated rings. The maximum Gasteiger partial charge on any atom is 0.251 e. The van der Waals surface area contributed by atoms with Gasteiger partial charge in [-0.25, -0.2) is 0 Å². The highest BCUT2D eigenvalue weighted by Crippen LogP contribution is 2.16. The van der Waals surface area contributed by atoms with E-state index < -0.39 is 24.0 Å². The Kier molecular flexibility index (Phi) is 14.1. The van der Waals surface area contributed by atoms with Gasteiger partial charge in [0, 0.05) is 41.8 Å². The number of benzene rings is 3. The van der Waals surface area contributed by atoms with Crippen LogP contribution in [0.3, 0.4) is 0 Å². The summed E-state index contributed by atoms with van der Waals surface area (Å²) < 4.78 is 0. The first kappa shape index (κ1) is 35.3. The van der Waals surface area contributed by atoms with Gasteiger partial charge >= 0.3 is 0 Å². The van der Waals surface area contributed by atoms with Crippen molar-refractivity contribution in [3.8, 4) is 0 Å². The molecule has 9 nitrogen and oxygen atoms in total. The molecule has 45 heavy (non-hydrogen) atoms. The predicted molar refractivity (Wildman–Crippen MR) is 178 cm³/mol. The van der Waals surface area contributed by atoms with Gasteiger partial charge in [0.15, 0.2) is 0 Å². The average molecular weight is 634 g/mol. The fourth-order valence-corrected chi connectivity index (χ4v) is 5.00. The molecule has 0 aliphatic carbocycles. The summed E-state index contributed by atoms with van der Waals surface area (Å²) in [7, 11) is 0. The Morgan fingerprint density at radius 3 is 1.93 bits per heavy atom. The summed E-state index contributed by atoms with van der Waals surface area (Å²) in [4.78, 5) is 51.8. The summed E-state index contributed by atoms with van der Waals surface area (Å²) in [6.07, 6.45) is 1.17. The van der Waals surface area contributed by atoms with Crippen LogP contribution in [0.15, 0.2) is 78.9 Å². The lowest BCUT2D eigenvalue weighted by Gasteiger charge is -2.25. The fraction of sp³-hybridized carbons (Fsp3) is 0.371. The topological polar surface area (TPSA) is 128 Å². The van der Waals surface area contributed by atoms with Crippen molar-refractivity contribution in [2.75, 3.05) is 19.6 Å². The quantitative estimate of drug-likeness (QED) is 0.163. The second-order valence-corrected chi connectivity index (χ2v) is 11.8. The summed E-state index contributed by atoms with van der Waals surface area (Å²) in [5, 5.41) is 15.0. The number of halogens is 1. The van der Waals surface area contributed by atoms with Gasteiger partial charge in [-0.05, 0) is 61.9 Å². The zero-order valence-electron chi connectivity index (χ0n) is 26.4. The van der Waals surface area contributed by atoms with Crippen LogP contribution in [-0.4, -0.2) is 61.4 Å². The first-order valence-electron chi connectivity index (χ1n) is 15.4. The minimum absolute atomic E-state index is 0.0913. The molecular formula is C35H44ClN5O4. The van der Waals surface area contributed by atoms with E-state index >= 15 is 0 Å². The van der Waals surface area contributed by atoms with Crippen LogP contribution in [-0.2, 0) is 22.4 Å². The molecule has 4 amide bonds. The van der Waals surface area contributed by atoms with E-state index in [1.807, 2.05) is 81.4 Å². The average Bonchev–Trinajstić information content (AvgIpc) is 3.02. The second-order valence-electron chi connectivity index (χ2n) is 11.3. The number of amides is 4. The number of carbonyl (C=O) groups excluding carboxylic acids is 4.